The molecule has 5 nitrogen and oxygen atoms in total. The third-order valence-corrected chi connectivity index (χ3v) is 2.92. The van der Waals surface area contributed by atoms with E-state index in [4.69, 9.17) is 10.8 Å². The van der Waals surface area contributed by atoms with E-state index in [1.807, 2.05) is 0 Å². The summed E-state index contributed by atoms with van der Waals surface area (Å²) >= 11 is 0. The number of nitrogens with one attached hydrogen (secondary N) is 1. The molecule has 5 heteroatoms. The molecular weight excluding hydrogens is 232 g/mol. The lowest BCUT2D eigenvalue weighted by Gasteiger charge is -2.21. The molecule has 0 saturated heterocycles. The van der Waals surface area contributed by atoms with E-state index in [1.165, 1.54) is 0 Å². The first-order valence-electron chi connectivity index (χ1n) is 6.39. The van der Waals surface area contributed by atoms with Crippen molar-refractivity contribution in [2.24, 2.45) is 23.0 Å². The molecule has 0 spiro atoms. The predicted octanol–water partition coefficient (Wildman–Crippen LogP) is 1.22. The molecule has 4 N–H and O–H groups in total. The van der Waals surface area contributed by atoms with Crippen LogP contribution in [0.15, 0.2) is 0 Å². The Labute approximate surface area is 109 Å². The van der Waals surface area contributed by atoms with Crippen LogP contribution in [0.5, 0.6) is 0 Å². The third-order valence-electron chi connectivity index (χ3n) is 2.92. The maximum atomic E-state index is 11.7. The van der Waals surface area contributed by atoms with Crippen molar-refractivity contribution in [2.75, 3.05) is 13.1 Å². The van der Waals surface area contributed by atoms with Crippen molar-refractivity contribution in [3.05, 3.63) is 0 Å². The molecule has 0 bridgehead atoms. The quantitative estimate of drug-likeness (QED) is 0.610. The molecule has 1 atom stereocenters. The van der Waals surface area contributed by atoms with Crippen molar-refractivity contribution in [1.82, 2.24) is 5.32 Å². The second kappa shape index (κ2) is 7.36. The lowest BCUT2D eigenvalue weighted by Crippen LogP contribution is -2.39. The number of carbonyl (C=O) groups excluding carboxylic acids is 1. The number of hydrogen-bond donors (Lipinski definition) is 3. The summed E-state index contributed by atoms with van der Waals surface area (Å²) in [4.78, 5) is 22.6. The van der Waals surface area contributed by atoms with Crippen molar-refractivity contribution >= 4 is 11.9 Å². The van der Waals surface area contributed by atoms with Gasteiger partial charge in [-0.2, -0.15) is 0 Å². The summed E-state index contributed by atoms with van der Waals surface area (Å²) in [6, 6.07) is 0. The van der Waals surface area contributed by atoms with Gasteiger partial charge in [0.2, 0.25) is 5.91 Å². The monoisotopic (exact) mass is 258 g/mol. The van der Waals surface area contributed by atoms with Crippen LogP contribution in [0.2, 0.25) is 0 Å². The number of amides is 1. The van der Waals surface area contributed by atoms with Gasteiger partial charge < -0.3 is 16.2 Å². The van der Waals surface area contributed by atoms with E-state index in [9.17, 15) is 9.59 Å². The highest BCUT2D eigenvalue weighted by Crippen LogP contribution is 2.16. The molecular formula is C13H26N2O3. The summed E-state index contributed by atoms with van der Waals surface area (Å²) in [5, 5.41) is 11.6. The number of carbonyl (C=O) groups is 2. The SMILES string of the molecule is CC(C)CC(CN)CC(=O)NCC(C)(C)C(=O)O. The number of nitrogens with two attached hydrogens (primary N) is 1. The first-order chi connectivity index (χ1) is 8.19. The van der Waals surface area contributed by atoms with Gasteiger partial charge in [-0.1, -0.05) is 13.8 Å². The Morgan fingerprint density at radius 1 is 1.33 bits per heavy atom. The fourth-order valence-electron chi connectivity index (χ4n) is 1.66. The van der Waals surface area contributed by atoms with Crippen molar-refractivity contribution in [3.8, 4) is 0 Å². The van der Waals surface area contributed by atoms with Gasteiger partial charge in [-0.05, 0) is 38.6 Å². The molecule has 1 unspecified atom stereocenters. The van der Waals surface area contributed by atoms with Gasteiger partial charge in [-0.3, -0.25) is 9.59 Å². The van der Waals surface area contributed by atoms with Gasteiger partial charge in [-0.25, -0.2) is 0 Å². The van der Waals surface area contributed by atoms with Crippen molar-refractivity contribution < 1.29 is 14.7 Å². The summed E-state index contributed by atoms with van der Waals surface area (Å²) in [7, 11) is 0. The highest BCUT2D eigenvalue weighted by molar-refractivity contribution is 5.78. The molecule has 0 aromatic carbocycles. The minimum Gasteiger partial charge on any atom is -0.481 e. The topological polar surface area (TPSA) is 92.4 Å². The van der Waals surface area contributed by atoms with Gasteiger partial charge in [0.1, 0.15) is 0 Å². The highest BCUT2D eigenvalue weighted by atomic mass is 16.4. The third kappa shape index (κ3) is 6.59. The number of carboxylic acid groups (broad SMARTS) is 1. The lowest BCUT2D eigenvalue weighted by atomic mass is 9.92. The highest BCUT2D eigenvalue weighted by Gasteiger charge is 2.27. The van der Waals surface area contributed by atoms with Crippen LogP contribution in [0.3, 0.4) is 0 Å². The van der Waals surface area contributed by atoms with Crippen molar-refractivity contribution in [1.29, 1.82) is 0 Å². The summed E-state index contributed by atoms with van der Waals surface area (Å²) in [5.41, 5.74) is 4.69. The second-order valence-electron chi connectivity index (χ2n) is 5.90. The molecule has 106 valence electrons. The normalized spacial score (nSPS) is 13.4. The number of carboxylic acids is 1. The van der Waals surface area contributed by atoms with Gasteiger partial charge >= 0.3 is 5.97 Å². The molecule has 1 amide bonds. The van der Waals surface area contributed by atoms with Crippen molar-refractivity contribution in [2.45, 2.75) is 40.5 Å². The van der Waals surface area contributed by atoms with Crippen LogP contribution in [0.4, 0.5) is 0 Å². The number of rotatable bonds is 8. The largest absolute Gasteiger partial charge is 0.481 e. The molecule has 0 aromatic rings. The van der Waals surface area contributed by atoms with E-state index >= 15 is 0 Å². The summed E-state index contributed by atoms with van der Waals surface area (Å²) in [5.74, 6) is -0.375. The fraction of sp³-hybridized carbons (Fsp3) is 0.846. The van der Waals surface area contributed by atoms with Crippen LogP contribution in [-0.4, -0.2) is 30.1 Å². The van der Waals surface area contributed by atoms with Crippen LogP contribution in [0.1, 0.15) is 40.5 Å². The lowest BCUT2D eigenvalue weighted by molar-refractivity contribution is -0.146. The Bertz CT molecular complexity index is 288. The van der Waals surface area contributed by atoms with E-state index in [1.54, 1.807) is 13.8 Å². The average molecular weight is 258 g/mol. The van der Waals surface area contributed by atoms with Gasteiger partial charge in [0.25, 0.3) is 0 Å². The zero-order chi connectivity index (χ0) is 14.3. The van der Waals surface area contributed by atoms with Gasteiger partial charge in [0.15, 0.2) is 0 Å². The fourth-order valence-corrected chi connectivity index (χ4v) is 1.66. The second-order valence-corrected chi connectivity index (χ2v) is 5.90. The molecule has 0 heterocycles. The Kier molecular flexibility index (Phi) is 6.91. The van der Waals surface area contributed by atoms with E-state index < -0.39 is 11.4 Å². The maximum Gasteiger partial charge on any atom is 0.310 e. The van der Waals surface area contributed by atoms with Gasteiger partial charge in [0.05, 0.1) is 5.41 Å². The molecule has 0 fully saturated rings. The Hall–Kier alpha value is -1.10. The van der Waals surface area contributed by atoms with Gasteiger partial charge in [0, 0.05) is 13.0 Å². The molecule has 18 heavy (non-hydrogen) atoms. The predicted molar refractivity (Wildman–Crippen MR) is 71.0 cm³/mol. The standard InChI is InChI=1S/C13H26N2O3/c1-9(2)5-10(7-14)6-11(16)15-8-13(3,4)12(17)18/h9-10H,5-8,14H2,1-4H3,(H,15,16)(H,17,18). The molecule has 0 aliphatic rings. The molecule has 0 radical (unpaired) electrons. The first kappa shape index (κ1) is 16.9. The zero-order valence-corrected chi connectivity index (χ0v) is 11.8. The minimum absolute atomic E-state index is 0.125. The molecule has 0 saturated carbocycles. The first-order valence-corrected chi connectivity index (χ1v) is 6.39. The molecule has 0 aliphatic heterocycles. The van der Waals surface area contributed by atoms with Crippen molar-refractivity contribution in [3.63, 3.8) is 0 Å². The van der Waals surface area contributed by atoms with Crippen LogP contribution < -0.4 is 11.1 Å². The Morgan fingerprint density at radius 3 is 2.28 bits per heavy atom. The average Bonchev–Trinajstić information content (AvgIpc) is 2.24. The Morgan fingerprint density at radius 2 is 1.89 bits per heavy atom. The summed E-state index contributed by atoms with van der Waals surface area (Å²) in [6.07, 6.45) is 1.27. The zero-order valence-electron chi connectivity index (χ0n) is 11.8. The van der Waals surface area contributed by atoms with Crippen LogP contribution >= 0.6 is 0 Å². The van der Waals surface area contributed by atoms with E-state index in [2.05, 4.69) is 19.2 Å². The van der Waals surface area contributed by atoms with Gasteiger partial charge in [-0.15, -0.1) is 0 Å². The van der Waals surface area contributed by atoms with Crippen LogP contribution in [-0.2, 0) is 9.59 Å². The minimum atomic E-state index is -0.939. The maximum absolute atomic E-state index is 11.7. The molecule has 0 aromatic heterocycles. The summed E-state index contributed by atoms with van der Waals surface area (Å²) in [6.45, 7) is 7.98. The van der Waals surface area contributed by atoms with Crippen LogP contribution in [0, 0.1) is 17.3 Å². The molecule has 0 aliphatic carbocycles. The van der Waals surface area contributed by atoms with Crippen LogP contribution in [0.25, 0.3) is 0 Å². The summed E-state index contributed by atoms with van der Waals surface area (Å²) < 4.78 is 0. The smallest absolute Gasteiger partial charge is 0.310 e. The number of hydrogen-bond acceptors (Lipinski definition) is 3. The molecule has 0 rings (SSSR count). The van der Waals surface area contributed by atoms with E-state index in [0.717, 1.165) is 6.42 Å². The Balaban J connectivity index is 4.14. The number of aliphatic carboxylic acids is 1. The van der Waals surface area contributed by atoms with E-state index in [0.29, 0.717) is 18.9 Å². The van der Waals surface area contributed by atoms with E-state index in [-0.39, 0.29) is 18.4 Å².